The Hall–Kier alpha value is -2.60. The smallest absolute Gasteiger partial charge is 0.00864 e. The van der Waals surface area contributed by atoms with Crippen molar-refractivity contribution in [2.75, 3.05) is 0 Å². The Kier molecular flexibility index (Phi) is 3.00. The van der Waals surface area contributed by atoms with E-state index in [1.807, 2.05) is 0 Å². The quantitative estimate of drug-likeness (QED) is 0.302. The van der Waals surface area contributed by atoms with Crippen molar-refractivity contribution in [3.8, 4) is 0 Å². The number of hydrogen-bond acceptors (Lipinski definition) is 0. The highest BCUT2D eigenvalue weighted by Crippen LogP contribution is 2.57. The standard InChI is InChI=1S/C28H24/c1-3-7-21-17(5-1)13-19-15-27(21)25-11-12-26(25)28-16-20(24-10-9-23(19)24)14-18-6-2-4-8-22(18)28/h1-8,13-16,23-26H,9-12H2. The van der Waals surface area contributed by atoms with Crippen LogP contribution in [0.2, 0.25) is 0 Å². The number of fused-ring (bicyclic) bond motifs is 14. The zero-order valence-electron chi connectivity index (χ0n) is 16.1. The molecule has 0 heteroatoms. The van der Waals surface area contributed by atoms with E-state index in [9.17, 15) is 0 Å². The van der Waals surface area contributed by atoms with Gasteiger partial charge in [-0.3, -0.25) is 0 Å². The van der Waals surface area contributed by atoms with Crippen molar-refractivity contribution < 1.29 is 0 Å². The van der Waals surface area contributed by atoms with Gasteiger partial charge in [0.05, 0.1) is 0 Å². The summed E-state index contributed by atoms with van der Waals surface area (Å²) >= 11 is 0. The zero-order valence-corrected chi connectivity index (χ0v) is 16.1. The van der Waals surface area contributed by atoms with Gasteiger partial charge in [0.1, 0.15) is 0 Å². The third-order valence-electron chi connectivity index (χ3n) is 8.04. The normalized spacial score (nSPS) is 27.4. The van der Waals surface area contributed by atoms with E-state index in [0.29, 0.717) is 23.7 Å². The lowest BCUT2D eigenvalue weighted by Crippen LogP contribution is -2.27. The molecular formula is C28H24. The van der Waals surface area contributed by atoms with Gasteiger partial charge in [0.2, 0.25) is 0 Å². The zero-order chi connectivity index (χ0) is 18.2. The van der Waals surface area contributed by atoms with Crippen LogP contribution in [0, 0.1) is 0 Å². The summed E-state index contributed by atoms with van der Waals surface area (Å²) in [5.74, 6) is 2.71. The number of benzene rings is 4. The predicted molar refractivity (Wildman–Crippen MR) is 117 cm³/mol. The SMILES string of the molecule is c1ccc2c3cc(cc2c1)C1CCC1c1cc(c2ccccc2c1)C1CCC31. The molecule has 0 amide bonds. The molecule has 0 spiro atoms. The monoisotopic (exact) mass is 360 g/mol. The van der Waals surface area contributed by atoms with E-state index in [1.54, 1.807) is 22.3 Å². The molecule has 4 atom stereocenters. The second-order valence-electron chi connectivity index (χ2n) is 9.24. The maximum atomic E-state index is 2.60. The van der Waals surface area contributed by atoms with Crippen molar-refractivity contribution in [3.05, 3.63) is 95.1 Å². The lowest BCUT2D eigenvalue weighted by Gasteiger charge is -2.43. The van der Waals surface area contributed by atoms with Crippen LogP contribution in [0.1, 0.15) is 71.6 Å². The van der Waals surface area contributed by atoms with Gasteiger partial charge in [-0.05, 0) is 93.2 Å². The van der Waals surface area contributed by atoms with E-state index in [-0.39, 0.29) is 0 Å². The first kappa shape index (κ1) is 15.3. The van der Waals surface area contributed by atoms with E-state index in [2.05, 4.69) is 72.8 Å². The van der Waals surface area contributed by atoms with Gasteiger partial charge in [0, 0.05) is 0 Å². The summed E-state index contributed by atoms with van der Waals surface area (Å²) in [5, 5.41) is 5.86. The lowest BCUT2D eigenvalue weighted by atomic mass is 9.60. The molecule has 4 bridgehead atoms. The third-order valence-corrected chi connectivity index (χ3v) is 8.04. The molecule has 0 aliphatic heterocycles. The van der Waals surface area contributed by atoms with E-state index >= 15 is 0 Å². The van der Waals surface area contributed by atoms with Crippen LogP contribution in [-0.4, -0.2) is 0 Å². The third kappa shape index (κ3) is 1.96. The fourth-order valence-electron chi connectivity index (χ4n) is 6.31. The van der Waals surface area contributed by atoms with Gasteiger partial charge in [-0.2, -0.15) is 0 Å². The molecule has 0 nitrogen and oxygen atoms in total. The topological polar surface area (TPSA) is 0 Å². The average Bonchev–Trinajstić information content (AvgIpc) is 2.66. The molecule has 0 saturated heterocycles. The van der Waals surface area contributed by atoms with Gasteiger partial charge < -0.3 is 0 Å². The van der Waals surface area contributed by atoms with Gasteiger partial charge in [-0.15, -0.1) is 0 Å². The molecule has 3 aliphatic rings. The van der Waals surface area contributed by atoms with Crippen molar-refractivity contribution in [3.63, 3.8) is 0 Å². The fourth-order valence-corrected chi connectivity index (χ4v) is 6.31. The molecule has 4 aromatic rings. The van der Waals surface area contributed by atoms with Crippen LogP contribution in [0.4, 0.5) is 0 Å². The fraction of sp³-hybridized carbons (Fsp3) is 0.286. The van der Waals surface area contributed by atoms with E-state index in [0.717, 1.165) is 0 Å². The Balaban J connectivity index is 1.55. The molecule has 2 fully saturated rings. The number of rotatable bonds is 0. The van der Waals surface area contributed by atoms with Gasteiger partial charge in [-0.25, -0.2) is 0 Å². The Morgan fingerprint density at radius 1 is 0.464 bits per heavy atom. The van der Waals surface area contributed by atoms with Gasteiger partial charge in [0.15, 0.2) is 0 Å². The van der Waals surface area contributed by atoms with Crippen molar-refractivity contribution in [2.24, 2.45) is 0 Å². The Morgan fingerprint density at radius 2 is 0.893 bits per heavy atom. The van der Waals surface area contributed by atoms with E-state index in [4.69, 9.17) is 0 Å². The van der Waals surface area contributed by atoms with Crippen molar-refractivity contribution >= 4 is 21.5 Å². The van der Waals surface area contributed by atoms with E-state index < -0.39 is 0 Å². The first-order chi connectivity index (χ1) is 13.9. The van der Waals surface area contributed by atoms with E-state index in [1.165, 1.54) is 47.2 Å². The highest BCUT2D eigenvalue weighted by atomic mass is 14.4. The van der Waals surface area contributed by atoms with Crippen LogP contribution < -0.4 is 0 Å². The molecule has 7 rings (SSSR count). The summed E-state index contributed by atoms with van der Waals surface area (Å²) in [4.78, 5) is 0. The molecule has 2 saturated carbocycles. The lowest BCUT2D eigenvalue weighted by molar-refractivity contribution is 0.332. The van der Waals surface area contributed by atoms with Gasteiger partial charge in [0.25, 0.3) is 0 Å². The molecule has 28 heavy (non-hydrogen) atoms. The Morgan fingerprint density at radius 3 is 1.32 bits per heavy atom. The molecule has 0 heterocycles. The Labute approximate surface area is 166 Å². The molecule has 4 unspecified atom stereocenters. The second-order valence-corrected chi connectivity index (χ2v) is 9.24. The molecule has 0 N–H and O–H groups in total. The van der Waals surface area contributed by atoms with Crippen molar-refractivity contribution in [1.29, 1.82) is 0 Å². The summed E-state index contributed by atoms with van der Waals surface area (Å²) < 4.78 is 0. The summed E-state index contributed by atoms with van der Waals surface area (Å²) in [7, 11) is 0. The largest absolute Gasteiger partial charge is 0.0616 e. The van der Waals surface area contributed by atoms with Crippen molar-refractivity contribution in [1.82, 2.24) is 0 Å². The van der Waals surface area contributed by atoms with Crippen LogP contribution >= 0.6 is 0 Å². The van der Waals surface area contributed by atoms with Gasteiger partial charge in [-0.1, -0.05) is 72.8 Å². The average molecular weight is 361 g/mol. The minimum atomic E-state index is 0.667. The summed E-state index contributed by atoms with van der Waals surface area (Å²) in [5.41, 5.74) is 6.41. The predicted octanol–water partition coefficient (Wildman–Crippen LogP) is 7.63. The molecule has 0 aromatic heterocycles. The summed E-state index contributed by atoms with van der Waals surface area (Å²) in [6.07, 6.45) is 5.31. The first-order valence-electron chi connectivity index (χ1n) is 10.9. The van der Waals surface area contributed by atoms with Crippen LogP contribution in [0.15, 0.2) is 72.8 Å². The molecular weight excluding hydrogens is 336 g/mol. The molecule has 136 valence electrons. The maximum absolute atomic E-state index is 2.60. The van der Waals surface area contributed by atoms with Crippen LogP contribution in [-0.2, 0) is 0 Å². The van der Waals surface area contributed by atoms with Crippen LogP contribution in [0.3, 0.4) is 0 Å². The highest BCUT2D eigenvalue weighted by Gasteiger charge is 2.40. The van der Waals surface area contributed by atoms with Crippen molar-refractivity contribution in [2.45, 2.75) is 49.4 Å². The molecule has 0 radical (unpaired) electrons. The van der Waals surface area contributed by atoms with Gasteiger partial charge >= 0.3 is 0 Å². The summed E-state index contributed by atoms with van der Waals surface area (Å²) in [6, 6.07) is 28.4. The Bertz CT molecular complexity index is 1150. The maximum Gasteiger partial charge on any atom is -0.00864 e. The van der Waals surface area contributed by atoms with Crippen LogP contribution in [0.25, 0.3) is 21.5 Å². The summed E-state index contributed by atoms with van der Waals surface area (Å²) in [6.45, 7) is 0. The second kappa shape index (κ2) is 5.47. The molecule has 4 aromatic carbocycles. The highest BCUT2D eigenvalue weighted by molar-refractivity contribution is 5.90. The van der Waals surface area contributed by atoms with Crippen LogP contribution in [0.5, 0.6) is 0 Å². The number of hydrogen-bond donors (Lipinski definition) is 0. The minimum absolute atomic E-state index is 0.667. The molecule has 3 aliphatic carbocycles. The minimum Gasteiger partial charge on any atom is -0.0616 e. The first-order valence-corrected chi connectivity index (χ1v) is 10.9.